The lowest BCUT2D eigenvalue weighted by Crippen LogP contribution is -1.98. The predicted octanol–water partition coefficient (Wildman–Crippen LogP) is 7.11. The van der Waals surface area contributed by atoms with Gasteiger partial charge in [-0.25, -0.2) is 9.78 Å². The Hall–Kier alpha value is -3.34. The molecule has 0 aliphatic rings. The molecule has 0 unspecified atom stereocenters. The summed E-state index contributed by atoms with van der Waals surface area (Å²) < 4.78 is 1.98. The molecule has 4 rings (SSSR count). The molecule has 0 bridgehead atoms. The predicted molar refractivity (Wildman–Crippen MR) is 131 cm³/mol. The summed E-state index contributed by atoms with van der Waals surface area (Å²) >= 11 is 12.7. The van der Waals surface area contributed by atoms with Crippen LogP contribution in [0.1, 0.15) is 35.6 Å². The molecular formula is C26H20Cl2N2O2. The van der Waals surface area contributed by atoms with Crippen LogP contribution in [-0.2, 0) is 4.79 Å². The van der Waals surface area contributed by atoms with Crippen LogP contribution in [0.5, 0.6) is 0 Å². The second kappa shape index (κ2) is 9.43. The summed E-state index contributed by atoms with van der Waals surface area (Å²) in [4.78, 5) is 15.2. The van der Waals surface area contributed by atoms with Gasteiger partial charge in [0.25, 0.3) is 0 Å². The average molecular weight is 463 g/mol. The van der Waals surface area contributed by atoms with E-state index in [4.69, 9.17) is 28.3 Å². The van der Waals surface area contributed by atoms with Gasteiger partial charge >= 0.3 is 5.97 Å². The van der Waals surface area contributed by atoms with Gasteiger partial charge in [-0.15, -0.1) is 0 Å². The Kier molecular flexibility index (Phi) is 6.45. The third-order valence-corrected chi connectivity index (χ3v) is 5.75. The molecule has 2 aromatic heterocycles. The van der Waals surface area contributed by atoms with Crippen LogP contribution in [0.2, 0.25) is 10.0 Å². The number of aliphatic carboxylic acids is 1. The minimum absolute atomic E-state index is 0.588. The number of carboxylic acids is 1. The number of allylic oxidation sites excluding steroid dienone is 1. The molecule has 6 heteroatoms. The summed E-state index contributed by atoms with van der Waals surface area (Å²) in [6.07, 6.45) is 9.18. The van der Waals surface area contributed by atoms with Crippen LogP contribution in [-0.4, -0.2) is 20.5 Å². The molecule has 0 spiro atoms. The molecule has 4 aromatic rings. The van der Waals surface area contributed by atoms with E-state index in [0.29, 0.717) is 10.0 Å². The van der Waals surface area contributed by atoms with E-state index in [9.17, 15) is 4.79 Å². The molecule has 0 fully saturated rings. The molecule has 0 saturated heterocycles. The number of nitrogens with zero attached hydrogens (tertiary/aromatic N) is 2. The van der Waals surface area contributed by atoms with Crippen molar-refractivity contribution in [2.24, 2.45) is 0 Å². The third kappa shape index (κ3) is 4.62. The second-order valence-electron chi connectivity index (χ2n) is 7.24. The first-order valence-electron chi connectivity index (χ1n) is 10.1. The van der Waals surface area contributed by atoms with E-state index >= 15 is 0 Å². The lowest BCUT2D eigenvalue weighted by Gasteiger charge is -2.18. The highest BCUT2D eigenvalue weighted by Crippen LogP contribution is 2.38. The van der Waals surface area contributed by atoms with Crippen LogP contribution in [0.3, 0.4) is 0 Å². The van der Waals surface area contributed by atoms with Gasteiger partial charge in [-0.3, -0.25) is 0 Å². The summed E-state index contributed by atoms with van der Waals surface area (Å²) in [6, 6.07) is 17.4. The number of hydrogen-bond donors (Lipinski definition) is 1. The highest BCUT2D eigenvalue weighted by molar-refractivity contribution is 6.36. The number of halogens is 2. The molecule has 0 radical (unpaired) electrons. The number of carboxylic acid groups (broad SMARTS) is 1. The number of aromatic nitrogens is 2. The van der Waals surface area contributed by atoms with E-state index in [2.05, 4.69) is 24.2 Å². The number of rotatable bonds is 6. The van der Waals surface area contributed by atoms with Gasteiger partial charge < -0.3 is 9.51 Å². The van der Waals surface area contributed by atoms with Gasteiger partial charge in [-0.05, 0) is 70.2 Å². The molecule has 2 aromatic carbocycles. The summed E-state index contributed by atoms with van der Waals surface area (Å²) in [5.41, 5.74) is 6.75. The van der Waals surface area contributed by atoms with Gasteiger partial charge in [0, 0.05) is 34.7 Å². The van der Waals surface area contributed by atoms with E-state index in [1.54, 1.807) is 18.3 Å². The van der Waals surface area contributed by atoms with Crippen molar-refractivity contribution in [2.45, 2.75) is 13.3 Å². The molecule has 1 N–H and O–H groups in total. The summed E-state index contributed by atoms with van der Waals surface area (Å²) in [7, 11) is 0. The number of benzene rings is 2. The summed E-state index contributed by atoms with van der Waals surface area (Å²) in [5, 5.41) is 10.1. The molecule has 32 heavy (non-hydrogen) atoms. The van der Waals surface area contributed by atoms with Crippen LogP contribution in [0.15, 0.2) is 79.3 Å². The zero-order chi connectivity index (χ0) is 22.7. The Morgan fingerprint density at radius 1 is 1.06 bits per heavy atom. The van der Waals surface area contributed by atoms with Crippen LogP contribution >= 0.6 is 23.2 Å². The monoisotopic (exact) mass is 462 g/mol. The van der Waals surface area contributed by atoms with E-state index in [1.165, 1.54) is 0 Å². The SMILES string of the molecule is CC/C(=C(/c1ccc(/C=C/C(=O)O)cc1)c1ccc2nccn2c1)c1ccc(Cl)cc1Cl. The standard InChI is InChI=1S/C26H20Cl2N2O2/c1-2-21(22-10-9-20(27)15-23(22)28)26(19-8-11-24-29-13-14-30(24)16-19)18-6-3-17(4-7-18)5-12-25(31)32/h3-16H,2H2,1H3,(H,31,32)/b12-5+,26-21+. The van der Waals surface area contributed by atoms with Crippen LogP contribution in [0.25, 0.3) is 22.9 Å². The molecule has 160 valence electrons. The van der Waals surface area contributed by atoms with Crippen molar-refractivity contribution in [2.75, 3.05) is 0 Å². The van der Waals surface area contributed by atoms with Crippen LogP contribution in [0, 0.1) is 0 Å². The van der Waals surface area contributed by atoms with Gasteiger partial charge in [0.15, 0.2) is 0 Å². The average Bonchev–Trinajstić information content (AvgIpc) is 3.25. The number of pyridine rings is 1. The maximum atomic E-state index is 10.8. The quantitative estimate of drug-likeness (QED) is 0.245. The van der Waals surface area contributed by atoms with Gasteiger partial charge in [-0.2, -0.15) is 0 Å². The molecule has 0 saturated carbocycles. The first-order valence-corrected chi connectivity index (χ1v) is 10.8. The van der Waals surface area contributed by atoms with Crippen LogP contribution in [0.4, 0.5) is 0 Å². The van der Waals surface area contributed by atoms with Crippen molar-refractivity contribution < 1.29 is 9.90 Å². The minimum Gasteiger partial charge on any atom is -0.478 e. The maximum Gasteiger partial charge on any atom is 0.328 e. The minimum atomic E-state index is -0.978. The van der Waals surface area contributed by atoms with E-state index in [0.717, 1.165) is 51.5 Å². The van der Waals surface area contributed by atoms with Crippen molar-refractivity contribution in [1.82, 2.24) is 9.38 Å². The summed E-state index contributed by atoms with van der Waals surface area (Å²) in [5.74, 6) is -0.978. The fourth-order valence-corrected chi connectivity index (χ4v) is 4.27. The lowest BCUT2D eigenvalue weighted by molar-refractivity contribution is -0.131. The maximum absolute atomic E-state index is 10.8. The van der Waals surface area contributed by atoms with Crippen molar-refractivity contribution in [3.8, 4) is 0 Å². The van der Waals surface area contributed by atoms with E-state index < -0.39 is 5.97 Å². The topological polar surface area (TPSA) is 54.6 Å². The number of imidazole rings is 1. The van der Waals surface area contributed by atoms with Crippen molar-refractivity contribution in [3.63, 3.8) is 0 Å². The molecular weight excluding hydrogens is 443 g/mol. The Bertz CT molecular complexity index is 1350. The molecule has 0 aliphatic heterocycles. The Balaban J connectivity index is 1.93. The fourth-order valence-electron chi connectivity index (χ4n) is 3.75. The van der Waals surface area contributed by atoms with Crippen molar-refractivity contribution in [3.05, 3.63) is 112 Å². The smallest absolute Gasteiger partial charge is 0.328 e. The number of fused-ring (bicyclic) bond motifs is 1. The zero-order valence-electron chi connectivity index (χ0n) is 17.3. The third-order valence-electron chi connectivity index (χ3n) is 5.21. The second-order valence-corrected chi connectivity index (χ2v) is 8.08. The van der Waals surface area contributed by atoms with E-state index in [-0.39, 0.29) is 0 Å². The highest BCUT2D eigenvalue weighted by Gasteiger charge is 2.16. The first kappa shape index (κ1) is 21.9. The first-order chi connectivity index (χ1) is 15.5. The highest BCUT2D eigenvalue weighted by atomic mass is 35.5. The van der Waals surface area contributed by atoms with Crippen molar-refractivity contribution >= 4 is 52.0 Å². The number of hydrogen-bond acceptors (Lipinski definition) is 2. The Morgan fingerprint density at radius 3 is 2.50 bits per heavy atom. The van der Waals surface area contributed by atoms with Crippen LogP contribution < -0.4 is 0 Å². The summed E-state index contributed by atoms with van der Waals surface area (Å²) in [6.45, 7) is 2.10. The fraction of sp³-hybridized carbons (Fsp3) is 0.0769. The molecule has 0 aliphatic carbocycles. The molecule has 4 nitrogen and oxygen atoms in total. The van der Waals surface area contributed by atoms with E-state index in [1.807, 2.05) is 53.1 Å². The van der Waals surface area contributed by atoms with Gasteiger partial charge in [0.05, 0.1) is 0 Å². The zero-order valence-corrected chi connectivity index (χ0v) is 18.8. The Labute approximate surface area is 196 Å². The normalized spacial score (nSPS) is 12.3. The molecule has 2 heterocycles. The Morgan fingerprint density at radius 2 is 1.81 bits per heavy atom. The van der Waals surface area contributed by atoms with Gasteiger partial charge in [0.1, 0.15) is 5.65 Å². The largest absolute Gasteiger partial charge is 0.478 e. The number of carbonyl (C=O) groups is 1. The lowest BCUT2D eigenvalue weighted by atomic mass is 9.88. The molecule has 0 atom stereocenters. The van der Waals surface area contributed by atoms with Gasteiger partial charge in [0.2, 0.25) is 0 Å². The van der Waals surface area contributed by atoms with Gasteiger partial charge in [-0.1, -0.05) is 60.5 Å². The van der Waals surface area contributed by atoms with Crippen molar-refractivity contribution in [1.29, 1.82) is 0 Å². The molecule has 0 amide bonds.